The minimum atomic E-state index is -4.92. The van der Waals surface area contributed by atoms with Crippen LogP contribution < -0.4 is 0 Å². The molecule has 2 nitrogen and oxygen atoms in total. The number of benzene rings is 1. The largest absolute Gasteiger partial charge is 0.508 e. The number of alkyl halides is 6. The molecule has 16 heavy (non-hydrogen) atoms. The third-order valence-corrected chi connectivity index (χ3v) is 1.57. The van der Waals surface area contributed by atoms with Crippen molar-refractivity contribution < 1.29 is 36.9 Å². The minimum absolute atomic E-state index is 0. The standard InChI is InChI=1S/C8H4F6O.H2O/c9-7(10,11)4-1-5(8(12,13)14)3-6(15)2-4;/h1-3,15H;1H2. The maximum absolute atomic E-state index is 12.1. The van der Waals surface area contributed by atoms with Gasteiger partial charge in [0.2, 0.25) is 0 Å². The molecule has 0 aliphatic heterocycles. The van der Waals surface area contributed by atoms with Gasteiger partial charge in [0.1, 0.15) is 5.75 Å². The lowest BCUT2D eigenvalue weighted by Gasteiger charge is -2.11. The Labute approximate surface area is 85.4 Å². The summed E-state index contributed by atoms with van der Waals surface area (Å²) in [6.45, 7) is 0. The highest BCUT2D eigenvalue weighted by atomic mass is 19.4. The highest BCUT2D eigenvalue weighted by molar-refractivity contribution is 5.36. The van der Waals surface area contributed by atoms with Crippen LogP contribution in [0.2, 0.25) is 0 Å². The number of hydrogen-bond donors (Lipinski definition) is 1. The van der Waals surface area contributed by atoms with E-state index in [1.54, 1.807) is 0 Å². The summed E-state index contributed by atoms with van der Waals surface area (Å²) in [5.41, 5.74) is -3.07. The van der Waals surface area contributed by atoms with E-state index in [9.17, 15) is 26.3 Å². The number of halogens is 6. The van der Waals surface area contributed by atoms with Crippen LogP contribution in [0.3, 0.4) is 0 Å². The molecule has 1 aromatic carbocycles. The summed E-state index contributed by atoms with van der Waals surface area (Å²) in [5.74, 6) is -1.07. The summed E-state index contributed by atoms with van der Waals surface area (Å²) in [7, 11) is 0. The van der Waals surface area contributed by atoms with Crippen LogP contribution in [0.1, 0.15) is 11.1 Å². The Morgan fingerprint density at radius 1 is 0.750 bits per heavy atom. The zero-order valence-corrected chi connectivity index (χ0v) is 7.45. The molecule has 0 bridgehead atoms. The predicted molar refractivity (Wildman–Crippen MR) is 41.7 cm³/mol. The van der Waals surface area contributed by atoms with E-state index >= 15 is 0 Å². The van der Waals surface area contributed by atoms with Crippen LogP contribution in [0.5, 0.6) is 5.75 Å². The van der Waals surface area contributed by atoms with Gasteiger partial charge < -0.3 is 10.6 Å². The maximum Gasteiger partial charge on any atom is 0.416 e. The zero-order chi connectivity index (χ0) is 11.9. The van der Waals surface area contributed by atoms with Gasteiger partial charge in [0.05, 0.1) is 11.1 Å². The Morgan fingerprint density at radius 3 is 1.31 bits per heavy atom. The highest BCUT2D eigenvalue weighted by Crippen LogP contribution is 2.37. The first-order valence-electron chi connectivity index (χ1n) is 3.59. The molecule has 0 aliphatic carbocycles. The van der Waals surface area contributed by atoms with Crippen molar-refractivity contribution in [2.75, 3.05) is 0 Å². The summed E-state index contributed by atoms with van der Waals surface area (Å²) in [5, 5.41) is 8.72. The van der Waals surface area contributed by atoms with Crippen LogP contribution in [0.4, 0.5) is 26.3 Å². The van der Waals surface area contributed by atoms with Gasteiger partial charge in [-0.15, -0.1) is 0 Å². The average Bonchev–Trinajstić information content (AvgIpc) is 1.99. The van der Waals surface area contributed by atoms with Gasteiger partial charge in [0.25, 0.3) is 0 Å². The van der Waals surface area contributed by atoms with Crippen molar-refractivity contribution in [2.24, 2.45) is 0 Å². The van der Waals surface area contributed by atoms with E-state index in [4.69, 9.17) is 5.11 Å². The van der Waals surface area contributed by atoms with Gasteiger partial charge in [-0.1, -0.05) is 0 Å². The van der Waals surface area contributed by atoms with Gasteiger partial charge in [-0.2, -0.15) is 26.3 Å². The number of phenolic OH excluding ortho intramolecular Hbond substituents is 1. The van der Waals surface area contributed by atoms with Gasteiger partial charge in [0, 0.05) is 0 Å². The first-order chi connectivity index (χ1) is 6.60. The molecule has 0 saturated carbocycles. The summed E-state index contributed by atoms with van der Waals surface area (Å²) in [4.78, 5) is 0. The number of rotatable bonds is 0. The summed E-state index contributed by atoms with van der Waals surface area (Å²) >= 11 is 0. The SMILES string of the molecule is O.Oc1cc(C(F)(F)F)cc(C(F)(F)F)c1. The van der Waals surface area contributed by atoms with E-state index in [-0.39, 0.29) is 23.7 Å². The van der Waals surface area contributed by atoms with Crippen molar-refractivity contribution in [1.29, 1.82) is 0 Å². The number of phenols is 1. The lowest BCUT2D eigenvalue weighted by Crippen LogP contribution is -2.10. The summed E-state index contributed by atoms with van der Waals surface area (Å²) < 4.78 is 72.3. The Morgan fingerprint density at radius 2 is 1.06 bits per heavy atom. The van der Waals surface area contributed by atoms with Gasteiger partial charge in [-0.05, 0) is 18.2 Å². The second kappa shape index (κ2) is 4.20. The summed E-state index contributed by atoms with van der Waals surface area (Å²) in [6, 6.07) is 0.407. The third-order valence-electron chi connectivity index (χ3n) is 1.57. The molecule has 1 rings (SSSR count). The molecule has 0 aromatic heterocycles. The lowest BCUT2D eigenvalue weighted by molar-refractivity contribution is -0.143. The third kappa shape index (κ3) is 3.30. The Bertz CT molecular complexity index is 336. The second-order valence-electron chi connectivity index (χ2n) is 2.76. The van der Waals surface area contributed by atoms with Crippen LogP contribution in [0, 0.1) is 0 Å². The topological polar surface area (TPSA) is 51.7 Å². The van der Waals surface area contributed by atoms with E-state index < -0.39 is 29.2 Å². The van der Waals surface area contributed by atoms with Gasteiger partial charge in [-0.25, -0.2) is 0 Å². The highest BCUT2D eigenvalue weighted by Gasteiger charge is 2.36. The molecule has 0 atom stereocenters. The van der Waals surface area contributed by atoms with Crippen molar-refractivity contribution in [1.82, 2.24) is 0 Å². The van der Waals surface area contributed by atoms with E-state index in [0.29, 0.717) is 0 Å². The molecule has 0 heterocycles. The van der Waals surface area contributed by atoms with Gasteiger partial charge in [0.15, 0.2) is 0 Å². The quantitative estimate of drug-likeness (QED) is 0.705. The Kier molecular flexibility index (Phi) is 3.82. The first-order valence-corrected chi connectivity index (χ1v) is 3.59. The monoisotopic (exact) mass is 248 g/mol. The number of hydrogen-bond acceptors (Lipinski definition) is 1. The smallest absolute Gasteiger partial charge is 0.416 e. The van der Waals surface area contributed by atoms with Crippen LogP contribution in [0.15, 0.2) is 18.2 Å². The van der Waals surface area contributed by atoms with E-state index in [1.165, 1.54) is 0 Å². The van der Waals surface area contributed by atoms with Crippen molar-refractivity contribution >= 4 is 0 Å². The predicted octanol–water partition coefficient (Wildman–Crippen LogP) is 2.61. The normalized spacial score (nSPS) is 12.1. The van der Waals surface area contributed by atoms with Gasteiger partial charge >= 0.3 is 12.4 Å². The van der Waals surface area contributed by atoms with Crippen molar-refractivity contribution in [2.45, 2.75) is 12.4 Å². The Hall–Kier alpha value is -1.44. The molecule has 8 heteroatoms. The van der Waals surface area contributed by atoms with Crippen molar-refractivity contribution in [3.8, 4) is 5.75 Å². The molecule has 0 aliphatic rings. The molecule has 0 fully saturated rings. The molecule has 0 unspecified atom stereocenters. The fourth-order valence-corrected chi connectivity index (χ4v) is 0.939. The molecule has 92 valence electrons. The van der Waals surface area contributed by atoms with E-state index in [0.717, 1.165) is 0 Å². The Balaban J connectivity index is 0.00000225. The summed E-state index contributed by atoms with van der Waals surface area (Å²) in [6.07, 6.45) is -9.84. The van der Waals surface area contributed by atoms with Crippen LogP contribution in [-0.2, 0) is 12.4 Å². The fourth-order valence-electron chi connectivity index (χ4n) is 0.939. The molecular formula is C8H6F6O2. The molecule has 0 radical (unpaired) electrons. The lowest BCUT2D eigenvalue weighted by atomic mass is 10.1. The fraction of sp³-hybridized carbons (Fsp3) is 0.250. The molecule has 3 N–H and O–H groups in total. The first kappa shape index (κ1) is 14.6. The van der Waals surface area contributed by atoms with E-state index in [2.05, 4.69) is 0 Å². The molecule has 0 spiro atoms. The molecule has 1 aromatic rings. The molecular weight excluding hydrogens is 242 g/mol. The van der Waals surface area contributed by atoms with E-state index in [1.807, 2.05) is 0 Å². The maximum atomic E-state index is 12.1. The second-order valence-corrected chi connectivity index (χ2v) is 2.76. The average molecular weight is 248 g/mol. The van der Waals surface area contributed by atoms with Crippen LogP contribution in [-0.4, -0.2) is 10.6 Å². The molecule has 0 amide bonds. The van der Waals surface area contributed by atoms with Crippen LogP contribution in [0.25, 0.3) is 0 Å². The van der Waals surface area contributed by atoms with Crippen molar-refractivity contribution in [3.05, 3.63) is 29.3 Å². The van der Waals surface area contributed by atoms with Crippen molar-refractivity contribution in [3.63, 3.8) is 0 Å². The van der Waals surface area contributed by atoms with Gasteiger partial charge in [-0.3, -0.25) is 0 Å². The van der Waals surface area contributed by atoms with Crippen LogP contribution >= 0.6 is 0 Å². The number of aromatic hydroxyl groups is 1. The minimum Gasteiger partial charge on any atom is -0.508 e. The molecule has 0 saturated heterocycles. The zero-order valence-electron chi connectivity index (χ0n) is 7.45.